The van der Waals surface area contributed by atoms with Gasteiger partial charge in [0.05, 0.1) is 18.6 Å². The lowest BCUT2D eigenvalue weighted by molar-refractivity contribution is -0.154. The summed E-state index contributed by atoms with van der Waals surface area (Å²) < 4.78 is 15.9. The third-order valence-corrected chi connectivity index (χ3v) is 4.01. The van der Waals surface area contributed by atoms with Gasteiger partial charge in [0.1, 0.15) is 13.4 Å². The minimum atomic E-state index is -1.22. The Morgan fingerprint density at radius 2 is 1.86 bits per heavy atom. The average Bonchev–Trinajstić information content (AvgIpc) is 2.50. The summed E-state index contributed by atoms with van der Waals surface area (Å²) in [7, 11) is 0. The molecule has 1 aliphatic rings. The molecule has 0 heterocycles. The van der Waals surface area contributed by atoms with E-state index in [4.69, 9.17) is 24.4 Å². The first-order valence-electron chi connectivity index (χ1n) is 7.76. The van der Waals surface area contributed by atoms with Gasteiger partial charge in [-0.3, -0.25) is 4.79 Å². The van der Waals surface area contributed by atoms with E-state index < -0.39 is 6.29 Å². The van der Waals surface area contributed by atoms with Crippen molar-refractivity contribution < 1.29 is 29.2 Å². The van der Waals surface area contributed by atoms with E-state index in [1.165, 1.54) is 0 Å². The molecule has 1 atom stereocenters. The molecule has 2 N–H and O–H groups in total. The molecule has 0 aliphatic heterocycles. The van der Waals surface area contributed by atoms with Crippen molar-refractivity contribution in [2.45, 2.75) is 58.3 Å². The lowest BCUT2D eigenvalue weighted by Gasteiger charge is -2.29. The molecule has 1 saturated carbocycles. The van der Waals surface area contributed by atoms with Gasteiger partial charge < -0.3 is 24.4 Å². The van der Waals surface area contributed by atoms with E-state index in [1.54, 1.807) is 0 Å². The fraction of sp³-hybridized carbons (Fsp3) is 0.933. The summed E-state index contributed by atoms with van der Waals surface area (Å²) in [5, 5.41) is 18.2. The van der Waals surface area contributed by atoms with Crippen molar-refractivity contribution in [1.29, 1.82) is 0 Å². The molecular formula is C15H28O6. The van der Waals surface area contributed by atoms with Crippen LogP contribution in [0.1, 0.15) is 46.0 Å². The number of aliphatic hydroxyl groups is 2. The van der Waals surface area contributed by atoms with E-state index in [2.05, 4.69) is 0 Å². The summed E-state index contributed by atoms with van der Waals surface area (Å²) in [5.74, 6) is -0.299. The zero-order chi connectivity index (χ0) is 15.7. The Morgan fingerprint density at radius 1 is 1.19 bits per heavy atom. The van der Waals surface area contributed by atoms with Crippen molar-refractivity contribution >= 4 is 5.97 Å². The highest BCUT2D eigenvalue weighted by Crippen LogP contribution is 2.27. The van der Waals surface area contributed by atoms with E-state index in [-0.39, 0.29) is 37.3 Å². The molecule has 0 aromatic carbocycles. The van der Waals surface area contributed by atoms with Crippen molar-refractivity contribution in [3.05, 3.63) is 0 Å². The van der Waals surface area contributed by atoms with Crippen LogP contribution in [0.25, 0.3) is 0 Å². The highest BCUT2D eigenvalue weighted by Gasteiger charge is 2.25. The quantitative estimate of drug-likeness (QED) is 0.381. The molecule has 0 radical (unpaired) electrons. The van der Waals surface area contributed by atoms with Gasteiger partial charge in [-0.1, -0.05) is 13.8 Å². The van der Waals surface area contributed by atoms with Gasteiger partial charge in [-0.05, 0) is 32.1 Å². The smallest absolute Gasteiger partial charge is 0.308 e. The normalized spacial score (nSPS) is 24.0. The first-order chi connectivity index (χ1) is 10.0. The van der Waals surface area contributed by atoms with Gasteiger partial charge in [-0.25, -0.2) is 0 Å². The van der Waals surface area contributed by atoms with Crippen LogP contribution < -0.4 is 0 Å². The summed E-state index contributed by atoms with van der Waals surface area (Å²) in [6, 6.07) is 0. The van der Waals surface area contributed by atoms with Gasteiger partial charge in [0.2, 0.25) is 0 Å². The predicted octanol–water partition coefficient (Wildman–Crippen LogP) is 1.44. The zero-order valence-corrected chi connectivity index (χ0v) is 13.0. The summed E-state index contributed by atoms with van der Waals surface area (Å²) >= 11 is 0. The molecule has 0 aromatic rings. The SMILES string of the molecule is CCC(C)C(=O)OCCOCOC1CCC(C(O)O)CC1. The van der Waals surface area contributed by atoms with Crippen LogP contribution in [0.2, 0.25) is 0 Å². The van der Waals surface area contributed by atoms with Crippen LogP contribution in [-0.2, 0) is 19.0 Å². The fourth-order valence-corrected chi connectivity index (χ4v) is 2.27. The Kier molecular flexibility index (Phi) is 8.84. The molecule has 1 fully saturated rings. The van der Waals surface area contributed by atoms with Crippen molar-refractivity contribution in [2.75, 3.05) is 20.0 Å². The Balaban J connectivity index is 1.97. The number of rotatable bonds is 9. The lowest BCUT2D eigenvalue weighted by atomic mass is 9.87. The highest BCUT2D eigenvalue weighted by atomic mass is 16.7. The second-order valence-corrected chi connectivity index (χ2v) is 5.62. The largest absolute Gasteiger partial charge is 0.463 e. The number of hydrogen-bond donors (Lipinski definition) is 2. The minimum absolute atomic E-state index is 0.0364. The summed E-state index contributed by atoms with van der Waals surface area (Å²) in [6.07, 6.45) is 2.81. The maximum atomic E-state index is 11.4. The molecule has 0 bridgehead atoms. The molecule has 6 heteroatoms. The summed E-state index contributed by atoms with van der Waals surface area (Å²) in [5.41, 5.74) is 0. The highest BCUT2D eigenvalue weighted by molar-refractivity contribution is 5.71. The van der Waals surface area contributed by atoms with Crippen LogP contribution in [0, 0.1) is 11.8 Å². The van der Waals surface area contributed by atoms with Crippen LogP contribution in [0.3, 0.4) is 0 Å². The summed E-state index contributed by atoms with van der Waals surface area (Å²) in [4.78, 5) is 11.4. The maximum Gasteiger partial charge on any atom is 0.308 e. The first-order valence-corrected chi connectivity index (χ1v) is 7.76. The van der Waals surface area contributed by atoms with Crippen molar-refractivity contribution in [1.82, 2.24) is 0 Å². The summed E-state index contributed by atoms with van der Waals surface area (Å²) in [6.45, 7) is 4.54. The molecule has 6 nitrogen and oxygen atoms in total. The Hall–Kier alpha value is -0.690. The van der Waals surface area contributed by atoms with Crippen LogP contribution in [0.5, 0.6) is 0 Å². The third kappa shape index (κ3) is 7.22. The van der Waals surface area contributed by atoms with E-state index in [1.807, 2.05) is 13.8 Å². The third-order valence-electron chi connectivity index (χ3n) is 4.01. The molecule has 0 spiro atoms. The van der Waals surface area contributed by atoms with Gasteiger partial charge in [0, 0.05) is 5.92 Å². The van der Waals surface area contributed by atoms with Crippen molar-refractivity contribution in [2.24, 2.45) is 11.8 Å². The maximum absolute atomic E-state index is 11.4. The molecular weight excluding hydrogens is 276 g/mol. The standard InChI is InChI=1S/C15H28O6/c1-3-11(2)15(18)20-9-8-19-10-21-13-6-4-12(5-7-13)14(16)17/h11-14,16-17H,3-10H2,1-2H3. The molecule has 0 saturated heterocycles. The molecule has 0 amide bonds. The molecule has 1 rings (SSSR count). The zero-order valence-electron chi connectivity index (χ0n) is 13.0. The number of carbonyl (C=O) groups is 1. The molecule has 0 aromatic heterocycles. The predicted molar refractivity (Wildman–Crippen MR) is 76.3 cm³/mol. The van der Waals surface area contributed by atoms with Crippen LogP contribution in [-0.4, -0.2) is 48.6 Å². The van der Waals surface area contributed by atoms with Gasteiger partial charge >= 0.3 is 5.97 Å². The second-order valence-electron chi connectivity index (χ2n) is 5.62. The van der Waals surface area contributed by atoms with E-state index in [9.17, 15) is 4.79 Å². The number of aliphatic hydroxyl groups excluding tert-OH is 1. The van der Waals surface area contributed by atoms with Gasteiger partial charge in [-0.2, -0.15) is 0 Å². The molecule has 124 valence electrons. The second kappa shape index (κ2) is 10.1. The average molecular weight is 304 g/mol. The van der Waals surface area contributed by atoms with Crippen LogP contribution >= 0.6 is 0 Å². The van der Waals surface area contributed by atoms with Gasteiger partial charge in [0.25, 0.3) is 0 Å². The Bertz CT molecular complexity index is 286. The Morgan fingerprint density at radius 3 is 2.43 bits per heavy atom. The molecule has 21 heavy (non-hydrogen) atoms. The van der Waals surface area contributed by atoms with Gasteiger partial charge in [0.15, 0.2) is 6.29 Å². The van der Waals surface area contributed by atoms with Crippen LogP contribution in [0.15, 0.2) is 0 Å². The van der Waals surface area contributed by atoms with E-state index in [0.29, 0.717) is 6.61 Å². The molecule has 1 aliphatic carbocycles. The van der Waals surface area contributed by atoms with E-state index in [0.717, 1.165) is 32.1 Å². The van der Waals surface area contributed by atoms with Crippen LogP contribution in [0.4, 0.5) is 0 Å². The number of carbonyl (C=O) groups excluding carboxylic acids is 1. The lowest BCUT2D eigenvalue weighted by Crippen LogP contribution is -2.29. The molecule has 1 unspecified atom stereocenters. The van der Waals surface area contributed by atoms with E-state index >= 15 is 0 Å². The van der Waals surface area contributed by atoms with Gasteiger partial charge in [-0.15, -0.1) is 0 Å². The number of hydrogen-bond acceptors (Lipinski definition) is 6. The van der Waals surface area contributed by atoms with Crippen molar-refractivity contribution in [3.8, 4) is 0 Å². The fourth-order valence-electron chi connectivity index (χ4n) is 2.27. The monoisotopic (exact) mass is 304 g/mol. The number of ether oxygens (including phenoxy) is 3. The minimum Gasteiger partial charge on any atom is -0.463 e. The topological polar surface area (TPSA) is 85.2 Å². The number of esters is 1. The Labute approximate surface area is 126 Å². The van der Waals surface area contributed by atoms with Crippen molar-refractivity contribution in [3.63, 3.8) is 0 Å². The first kappa shape index (κ1) is 18.4.